The minimum absolute atomic E-state index is 0.137. The Hall–Kier alpha value is -3.29. The molecule has 0 radical (unpaired) electrons. The Kier molecular flexibility index (Phi) is 3.96. The summed E-state index contributed by atoms with van der Waals surface area (Å²) >= 11 is 0. The number of nitrogens with zero attached hydrogens (tertiary/aromatic N) is 2. The summed E-state index contributed by atoms with van der Waals surface area (Å²) in [6.45, 7) is 0.137. The van der Waals surface area contributed by atoms with Crippen LogP contribution in [0.3, 0.4) is 0 Å². The molecule has 2 aromatic heterocycles. The molecule has 0 unspecified atom stereocenters. The lowest BCUT2D eigenvalue weighted by molar-refractivity contribution is 0.0947. The summed E-state index contributed by atoms with van der Waals surface area (Å²) in [5, 5.41) is 19.2. The van der Waals surface area contributed by atoms with E-state index in [2.05, 4.69) is 20.5 Å². The third-order valence-electron chi connectivity index (χ3n) is 3.14. The number of amides is 1. The fraction of sp³-hybridized carbons (Fsp3) is 0.133. The van der Waals surface area contributed by atoms with Gasteiger partial charge in [-0.15, -0.1) is 5.10 Å². The molecule has 8 nitrogen and oxygen atoms in total. The molecule has 3 N–H and O–H groups in total. The molecule has 0 saturated heterocycles. The number of carbonyl (C=O) groups is 1. The highest BCUT2D eigenvalue weighted by Crippen LogP contribution is 2.23. The molecule has 0 aliphatic carbocycles. The lowest BCUT2D eigenvalue weighted by Gasteiger charge is -2.07. The second kappa shape index (κ2) is 6.22. The number of ether oxygens (including phenoxy) is 1. The third kappa shape index (κ3) is 3.15. The van der Waals surface area contributed by atoms with Crippen LogP contribution in [-0.2, 0) is 6.54 Å². The number of carbonyl (C=O) groups excluding carboxylic acids is 1. The molecule has 8 heteroatoms. The Labute approximate surface area is 131 Å². The first kappa shape index (κ1) is 14.6. The third-order valence-corrected chi connectivity index (χ3v) is 3.14. The molecule has 0 atom stereocenters. The summed E-state index contributed by atoms with van der Waals surface area (Å²) in [5.41, 5.74) is 0.150. The van der Waals surface area contributed by atoms with Crippen LogP contribution in [0.4, 0.5) is 0 Å². The van der Waals surface area contributed by atoms with Crippen LogP contribution in [0, 0.1) is 0 Å². The van der Waals surface area contributed by atoms with Crippen LogP contribution in [0.5, 0.6) is 11.5 Å². The van der Waals surface area contributed by atoms with E-state index in [1.54, 1.807) is 18.2 Å². The Morgan fingerprint density at radius 3 is 3.00 bits per heavy atom. The van der Waals surface area contributed by atoms with Crippen LogP contribution in [0.15, 0.2) is 41.0 Å². The van der Waals surface area contributed by atoms with Gasteiger partial charge in [0.2, 0.25) is 5.82 Å². The number of benzene rings is 1. The predicted octanol–water partition coefficient (Wildman–Crippen LogP) is 1.71. The highest BCUT2D eigenvalue weighted by molar-refractivity contribution is 5.96. The molecule has 0 fully saturated rings. The van der Waals surface area contributed by atoms with Crippen molar-refractivity contribution in [2.75, 3.05) is 7.11 Å². The topological polar surface area (TPSA) is 113 Å². The zero-order valence-corrected chi connectivity index (χ0v) is 12.2. The van der Waals surface area contributed by atoms with Crippen LogP contribution >= 0.6 is 0 Å². The van der Waals surface area contributed by atoms with Gasteiger partial charge in [0.05, 0.1) is 25.5 Å². The Balaban J connectivity index is 1.65. The van der Waals surface area contributed by atoms with E-state index in [0.29, 0.717) is 23.2 Å². The predicted molar refractivity (Wildman–Crippen MR) is 79.9 cm³/mol. The van der Waals surface area contributed by atoms with Gasteiger partial charge in [0.15, 0.2) is 5.76 Å². The zero-order chi connectivity index (χ0) is 16.2. The number of hydrogen-bond acceptors (Lipinski definition) is 6. The van der Waals surface area contributed by atoms with Gasteiger partial charge in [0, 0.05) is 6.07 Å². The van der Waals surface area contributed by atoms with Crippen molar-refractivity contribution in [3.8, 4) is 23.1 Å². The average molecular weight is 314 g/mol. The number of aromatic hydroxyl groups is 1. The van der Waals surface area contributed by atoms with Crippen molar-refractivity contribution in [3.05, 3.63) is 48.0 Å². The van der Waals surface area contributed by atoms with Gasteiger partial charge in [-0.05, 0) is 24.3 Å². The van der Waals surface area contributed by atoms with Gasteiger partial charge in [-0.1, -0.05) is 0 Å². The van der Waals surface area contributed by atoms with Crippen LogP contribution in [-0.4, -0.2) is 33.3 Å². The number of phenolic OH excluding ortho intramolecular Hbond substituents is 1. The second-order valence-electron chi connectivity index (χ2n) is 4.65. The Morgan fingerprint density at radius 2 is 2.30 bits per heavy atom. The maximum absolute atomic E-state index is 12.1. The van der Waals surface area contributed by atoms with E-state index in [-0.39, 0.29) is 17.9 Å². The molecule has 0 bridgehead atoms. The van der Waals surface area contributed by atoms with Gasteiger partial charge in [0.25, 0.3) is 5.91 Å². The minimum Gasteiger partial charge on any atom is -0.507 e. The second-order valence-corrected chi connectivity index (χ2v) is 4.65. The molecule has 3 aromatic rings. The molecule has 1 amide bonds. The van der Waals surface area contributed by atoms with Crippen LogP contribution in [0.25, 0.3) is 11.6 Å². The highest BCUT2D eigenvalue weighted by Gasteiger charge is 2.13. The van der Waals surface area contributed by atoms with E-state index in [1.165, 1.54) is 25.5 Å². The van der Waals surface area contributed by atoms with Crippen molar-refractivity contribution in [2.24, 2.45) is 0 Å². The van der Waals surface area contributed by atoms with Crippen molar-refractivity contribution < 1.29 is 19.1 Å². The van der Waals surface area contributed by atoms with E-state index in [4.69, 9.17) is 9.15 Å². The maximum atomic E-state index is 12.1. The van der Waals surface area contributed by atoms with E-state index < -0.39 is 5.91 Å². The molecule has 2 heterocycles. The number of furan rings is 1. The Morgan fingerprint density at radius 1 is 1.43 bits per heavy atom. The van der Waals surface area contributed by atoms with E-state index >= 15 is 0 Å². The molecule has 0 aliphatic heterocycles. The van der Waals surface area contributed by atoms with Gasteiger partial charge in [-0.2, -0.15) is 0 Å². The zero-order valence-electron chi connectivity index (χ0n) is 12.2. The van der Waals surface area contributed by atoms with Gasteiger partial charge in [-0.3, -0.25) is 9.89 Å². The number of aromatic nitrogens is 3. The number of hydrogen-bond donors (Lipinski definition) is 3. The van der Waals surface area contributed by atoms with Crippen molar-refractivity contribution in [2.45, 2.75) is 6.54 Å². The molecular formula is C15H14N4O4. The fourth-order valence-corrected chi connectivity index (χ4v) is 1.98. The van der Waals surface area contributed by atoms with E-state index in [9.17, 15) is 9.90 Å². The summed E-state index contributed by atoms with van der Waals surface area (Å²) in [6.07, 6.45) is 1.53. The monoisotopic (exact) mass is 314 g/mol. The van der Waals surface area contributed by atoms with Crippen molar-refractivity contribution >= 4 is 5.91 Å². The first-order valence-electron chi connectivity index (χ1n) is 6.77. The van der Waals surface area contributed by atoms with Crippen LogP contribution < -0.4 is 10.1 Å². The molecule has 0 aliphatic rings. The van der Waals surface area contributed by atoms with Crippen molar-refractivity contribution in [3.63, 3.8) is 0 Å². The lowest BCUT2D eigenvalue weighted by atomic mass is 10.2. The van der Waals surface area contributed by atoms with Gasteiger partial charge < -0.3 is 19.6 Å². The van der Waals surface area contributed by atoms with Crippen LogP contribution in [0.2, 0.25) is 0 Å². The first-order chi connectivity index (χ1) is 11.2. The largest absolute Gasteiger partial charge is 0.507 e. The Bertz CT molecular complexity index is 811. The normalized spacial score (nSPS) is 10.5. The fourth-order valence-electron chi connectivity index (χ4n) is 1.98. The van der Waals surface area contributed by atoms with Gasteiger partial charge in [0.1, 0.15) is 17.3 Å². The number of phenols is 1. The first-order valence-corrected chi connectivity index (χ1v) is 6.77. The molecular weight excluding hydrogens is 300 g/mol. The number of methoxy groups -OCH3 is 1. The number of aromatic amines is 1. The summed E-state index contributed by atoms with van der Waals surface area (Å²) in [7, 11) is 1.48. The summed E-state index contributed by atoms with van der Waals surface area (Å²) < 4.78 is 10.2. The van der Waals surface area contributed by atoms with Crippen LogP contribution in [0.1, 0.15) is 16.2 Å². The average Bonchev–Trinajstić information content (AvgIpc) is 3.23. The highest BCUT2D eigenvalue weighted by atomic mass is 16.5. The molecule has 0 spiro atoms. The summed E-state index contributed by atoms with van der Waals surface area (Å²) in [6, 6.07) is 7.93. The van der Waals surface area contributed by atoms with Gasteiger partial charge >= 0.3 is 0 Å². The van der Waals surface area contributed by atoms with Gasteiger partial charge in [-0.25, -0.2) is 4.98 Å². The molecule has 3 rings (SSSR count). The number of rotatable bonds is 5. The van der Waals surface area contributed by atoms with Crippen molar-refractivity contribution in [1.29, 1.82) is 0 Å². The van der Waals surface area contributed by atoms with Crippen molar-refractivity contribution in [1.82, 2.24) is 20.5 Å². The lowest BCUT2D eigenvalue weighted by Crippen LogP contribution is -2.23. The van der Waals surface area contributed by atoms with E-state index in [1.807, 2.05) is 0 Å². The number of H-pyrrole nitrogens is 1. The quantitative estimate of drug-likeness (QED) is 0.660. The minimum atomic E-state index is -0.430. The maximum Gasteiger partial charge on any atom is 0.255 e. The molecule has 23 heavy (non-hydrogen) atoms. The molecule has 1 aromatic carbocycles. The standard InChI is InChI=1S/C15H14N4O4/c1-22-9-4-5-10(11(20)7-9)15(21)16-8-13-17-14(19-18-13)12-3-2-6-23-12/h2-7,20H,8H2,1H3,(H,16,21)(H,17,18,19). The SMILES string of the molecule is COc1ccc(C(=O)NCc2nc(-c3ccco3)n[nH]2)c(O)c1. The smallest absolute Gasteiger partial charge is 0.255 e. The summed E-state index contributed by atoms with van der Waals surface area (Å²) in [5.74, 6) is 1.30. The number of nitrogens with one attached hydrogen (secondary N) is 2. The van der Waals surface area contributed by atoms with E-state index in [0.717, 1.165) is 0 Å². The molecule has 118 valence electrons. The molecule has 0 saturated carbocycles. The summed E-state index contributed by atoms with van der Waals surface area (Å²) in [4.78, 5) is 16.3.